The number of anilines is 1. The van der Waals surface area contributed by atoms with Crippen LogP contribution in [0.5, 0.6) is 0 Å². The molecule has 4 nitrogen and oxygen atoms in total. The van der Waals surface area contributed by atoms with Crippen molar-refractivity contribution in [3.63, 3.8) is 0 Å². The lowest BCUT2D eigenvalue weighted by Crippen LogP contribution is -2.12. The molecule has 1 aliphatic rings. The smallest absolute Gasteiger partial charge is 0.235 e. The predicted molar refractivity (Wildman–Crippen MR) is 75.7 cm³/mol. The van der Waals surface area contributed by atoms with Crippen LogP contribution in [0.4, 0.5) is 5.82 Å². The molecule has 2 aromatic rings. The van der Waals surface area contributed by atoms with Gasteiger partial charge in [-0.05, 0) is 17.7 Å². The maximum atomic E-state index is 11.6. The number of carbonyl (C=O) groups excluding carboxylic acids is 1. The molecule has 0 saturated carbocycles. The number of thioether (sulfide) groups is 1. The Kier molecular flexibility index (Phi) is 3.13. The third kappa shape index (κ3) is 2.18. The van der Waals surface area contributed by atoms with Crippen LogP contribution in [0.3, 0.4) is 0 Å². The van der Waals surface area contributed by atoms with Gasteiger partial charge in [0.2, 0.25) is 5.91 Å². The first-order valence-corrected chi connectivity index (χ1v) is 7.28. The summed E-state index contributed by atoms with van der Waals surface area (Å²) < 4.78 is 1.04. The molecule has 2 heterocycles. The van der Waals surface area contributed by atoms with Crippen molar-refractivity contribution in [3.8, 4) is 0 Å². The van der Waals surface area contributed by atoms with Crippen LogP contribution >= 0.6 is 27.7 Å². The topological polar surface area (TPSA) is 57.8 Å². The Morgan fingerprint density at radius 1 is 1.44 bits per heavy atom. The second kappa shape index (κ2) is 4.78. The van der Waals surface area contributed by atoms with Gasteiger partial charge in [0.1, 0.15) is 5.82 Å². The third-order valence-corrected chi connectivity index (χ3v) is 4.53. The van der Waals surface area contributed by atoms with Gasteiger partial charge < -0.3 is 5.32 Å². The lowest BCUT2D eigenvalue weighted by atomic mass is 10.1. The van der Waals surface area contributed by atoms with E-state index in [0.717, 1.165) is 15.6 Å². The summed E-state index contributed by atoms with van der Waals surface area (Å²) in [6, 6.07) is 8.13. The fourth-order valence-electron chi connectivity index (χ4n) is 1.96. The second-order valence-corrected chi connectivity index (χ2v) is 6.00. The largest absolute Gasteiger partial charge is 0.310 e. The number of nitrogens with one attached hydrogen (secondary N) is 2. The molecule has 0 spiro atoms. The fourth-order valence-corrected chi connectivity index (χ4v) is 3.47. The van der Waals surface area contributed by atoms with Crippen molar-refractivity contribution in [3.05, 3.63) is 46.1 Å². The van der Waals surface area contributed by atoms with Crippen LogP contribution in [-0.4, -0.2) is 21.9 Å². The van der Waals surface area contributed by atoms with E-state index in [0.29, 0.717) is 11.6 Å². The van der Waals surface area contributed by atoms with Crippen LogP contribution in [0.2, 0.25) is 0 Å². The van der Waals surface area contributed by atoms with E-state index in [9.17, 15) is 4.79 Å². The van der Waals surface area contributed by atoms with Crippen molar-refractivity contribution in [2.24, 2.45) is 0 Å². The summed E-state index contributed by atoms with van der Waals surface area (Å²) >= 11 is 5.08. The normalized spacial score (nSPS) is 18.9. The van der Waals surface area contributed by atoms with Crippen LogP contribution in [0.25, 0.3) is 0 Å². The number of hydrogen-bond acceptors (Lipinski definition) is 3. The van der Waals surface area contributed by atoms with E-state index in [-0.39, 0.29) is 11.2 Å². The summed E-state index contributed by atoms with van der Waals surface area (Å²) in [5, 5.41) is 9.80. The van der Waals surface area contributed by atoms with Gasteiger partial charge in [-0.2, -0.15) is 5.10 Å². The number of fused-ring (bicyclic) bond motifs is 1. The van der Waals surface area contributed by atoms with Crippen molar-refractivity contribution in [1.82, 2.24) is 10.2 Å². The molecule has 1 aliphatic heterocycles. The van der Waals surface area contributed by atoms with E-state index >= 15 is 0 Å². The Morgan fingerprint density at radius 2 is 2.33 bits per heavy atom. The molecule has 0 unspecified atom stereocenters. The third-order valence-electron chi connectivity index (χ3n) is 2.75. The van der Waals surface area contributed by atoms with Crippen LogP contribution in [0.1, 0.15) is 16.4 Å². The van der Waals surface area contributed by atoms with Gasteiger partial charge in [0, 0.05) is 10.0 Å². The molecule has 0 saturated heterocycles. The van der Waals surface area contributed by atoms with E-state index in [4.69, 9.17) is 0 Å². The average molecular weight is 324 g/mol. The summed E-state index contributed by atoms with van der Waals surface area (Å²) in [6.07, 6.45) is 1.78. The Morgan fingerprint density at radius 3 is 3.17 bits per heavy atom. The predicted octanol–water partition coefficient (Wildman–Crippen LogP) is 2.95. The zero-order valence-electron chi connectivity index (χ0n) is 9.31. The minimum absolute atomic E-state index is 0.00277. The fraction of sp³-hybridized carbons (Fsp3) is 0.167. The zero-order valence-corrected chi connectivity index (χ0v) is 11.7. The molecule has 1 atom stereocenters. The molecule has 2 N–H and O–H groups in total. The number of nitrogens with zero attached hydrogens (tertiary/aromatic N) is 1. The van der Waals surface area contributed by atoms with E-state index < -0.39 is 0 Å². The van der Waals surface area contributed by atoms with Crippen molar-refractivity contribution in [2.45, 2.75) is 5.25 Å². The Hall–Kier alpha value is -1.27. The molecule has 1 aromatic heterocycles. The lowest BCUT2D eigenvalue weighted by Gasteiger charge is -2.13. The first-order valence-electron chi connectivity index (χ1n) is 5.44. The molecular weight excluding hydrogens is 314 g/mol. The van der Waals surface area contributed by atoms with Crippen molar-refractivity contribution in [2.75, 3.05) is 11.1 Å². The van der Waals surface area contributed by atoms with E-state index in [1.165, 1.54) is 0 Å². The minimum Gasteiger partial charge on any atom is -0.310 e. The lowest BCUT2D eigenvalue weighted by molar-refractivity contribution is -0.113. The van der Waals surface area contributed by atoms with Crippen molar-refractivity contribution in [1.29, 1.82) is 0 Å². The van der Waals surface area contributed by atoms with Gasteiger partial charge in [0.05, 0.1) is 17.2 Å². The van der Waals surface area contributed by atoms with Gasteiger partial charge in [-0.25, -0.2) is 0 Å². The number of halogens is 1. The number of carbonyl (C=O) groups is 1. The Labute approximate surface area is 117 Å². The summed E-state index contributed by atoms with van der Waals surface area (Å²) in [6.45, 7) is 0. The standard InChI is InChI=1S/C12H10BrN3OS/c13-8-3-1-2-7(4-8)11-9-5-14-16-12(9)15-10(17)6-18-11/h1-5,11H,6H2,(H2,14,15,16,17)/t11-/m1/s1. The summed E-state index contributed by atoms with van der Waals surface area (Å²) in [5.41, 5.74) is 2.18. The van der Waals surface area contributed by atoms with Gasteiger partial charge >= 0.3 is 0 Å². The molecule has 0 bridgehead atoms. The molecular formula is C12H10BrN3OS. The highest BCUT2D eigenvalue weighted by molar-refractivity contribution is 9.10. The zero-order chi connectivity index (χ0) is 12.5. The van der Waals surface area contributed by atoms with Gasteiger partial charge in [0.15, 0.2) is 0 Å². The maximum Gasteiger partial charge on any atom is 0.235 e. The maximum absolute atomic E-state index is 11.6. The summed E-state index contributed by atoms with van der Waals surface area (Å²) in [5.74, 6) is 1.15. The number of H-pyrrole nitrogens is 1. The average Bonchev–Trinajstić information content (AvgIpc) is 2.72. The van der Waals surface area contributed by atoms with E-state index in [1.54, 1.807) is 18.0 Å². The van der Waals surface area contributed by atoms with Gasteiger partial charge in [-0.15, -0.1) is 11.8 Å². The number of rotatable bonds is 1. The van der Waals surface area contributed by atoms with Crippen LogP contribution < -0.4 is 5.32 Å². The summed E-state index contributed by atoms with van der Waals surface area (Å²) in [7, 11) is 0. The minimum atomic E-state index is 0.00277. The first-order chi connectivity index (χ1) is 8.74. The molecule has 0 radical (unpaired) electrons. The highest BCUT2D eigenvalue weighted by Gasteiger charge is 2.25. The van der Waals surface area contributed by atoms with Crippen LogP contribution in [0, 0.1) is 0 Å². The van der Waals surface area contributed by atoms with Gasteiger partial charge in [0.25, 0.3) is 0 Å². The van der Waals surface area contributed by atoms with Crippen molar-refractivity contribution < 1.29 is 4.79 Å². The highest BCUT2D eigenvalue weighted by atomic mass is 79.9. The monoisotopic (exact) mass is 323 g/mol. The number of aromatic nitrogens is 2. The quantitative estimate of drug-likeness (QED) is 0.848. The number of hydrogen-bond donors (Lipinski definition) is 2. The number of aromatic amines is 1. The van der Waals surface area contributed by atoms with Gasteiger partial charge in [-0.1, -0.05) is 28.1 Å². The molecule has 92 valence electrons. The molecule has 3 rings (SSSR count). The van der Waals surface area contributed by atoms with Crippen LogP contribution in [0.15, 0.2) is 34.9 Å². The number of benzene rings is 1. The molecule has 0 fully saturated rings. The second-order valence-electron chi connectivity index (χ2n) is 3.99. The SMILES string of the molecule is O=C1CS[C@H](c2cccc(Br)c2)c2cn[nH]c2N1. The molecule has 0 aliphatic carbocycles. The van der Waals surface area contributed by atoms with E-state index in [1.807, 2.05) is 12.1 Å². The Bertz CT molecular complexity index is 599. The van der Waals surface area contributed by atoms with Gasteiger partial charge in [-0.3, -0.25) is 9.89 Å². The number of amides is 1. The summed E-state index contributed by atoms with van der Waals surface area (Å²) in [4.78, 5) is 11.6. The molecule has 6 heteroatoms. The molecule has 1 aromatic carbocycles. The first kappa shape index (κ1) is 11.8. The molecule has 18 heavy (non-hydrogen) atoms. The molecule has 1 amide bonds. The Balaban J connectivity index is 2.05. The van der Waals surface area contributed by atoms with Crippen LogP contribution in [-0.2, 0) is 4.79 Å². The van der Waals surface area contributed by atoms with E-state index in [2.05, 4.69) is 43.6 Å². The van der Waals surface area contributed by atoms with Crippen molar-refractivity contribution >= 4 is 39.4 Å². The highest BCUT2D eigenvalue weighted by Crippen LogP contribution is 2.40.